The molecule has 108 valence electrons. The van der Waals surface area contributed by atoms with Crippen molar-refractivity contribution in [1.82, 2.24) is 0 Å². The second kappa shape index (κ2) is 7.25. The quantitative estimate of drug-likeness (QED) is 0.657. The molecule has 0 aromatic heterocycles. The van der Waals surface area contributed by atoms with Crippen LogP contribution in [-0.4, -0.2) is 36.1 Å². The van der Waals surface area contributed by atoms with Crippen LogP contribution in [0.1, 0.15) is 23.2 Å². The fourth-order valence-electron chi connectivity index (χ4n) is 1.51. The summed E-state index contributed by atoms with van der Waals surface area (Å²) in [6, 6.07) is 5.02. The van der Waals surface area contributed by atoms with Crippen LogP contribution < -0.4 is 11.1 Å². The average molecular weight is 280 g/mol. The van der Waals surface area contributed by atoms with Crippen LogP contribution in [-0.2, 0) is 14.3 Å². The van der Waals surface area contributed by atoms with Gasteiger partial charge in [0.25, 0.3) is 0 Å². The number of aromatic carboxylic acids is 1. The van der Waals surface area contributed by atoms with Crippen LogP contribution in [0, 0.1) is 0 Å². The maximum absolute atomic E-state index is 11.6. The summed E-state index contributed by atoms with van der Waals surface area (Å²) in [4.78, 5) is 33.5. The molecular formula is C13H16N2O5. The zero-order valence-corrected chi connectivity index (χ0v) is 11.0. The molecule has 20 heavy (non-hydrogen) atoms. The highest BCUT2D eigenvalue weighted by Gasteiger charge is 2.15. The smallest absolute Gasteiger partial charge is 0.335 e. The monoisotopic (exact) mass is 280 g/mol. The zero-order valence-electron chi connectivity index (χ0n) is 11.0. The zero-order chi connectivity index (χ0) is 15.1. The summed E-state index contributed by atoms with van der Waals surface area (Å²) < 4.78 is 4.44. The molecule has 0 unspecified atom stereocenters. The molecule has 7 nitrogen and oxygen atoms in total. The Bertz CT molecular complexity index is 515. The number of esters is 1. The number of benzene rings is 1. The van der Waals surface area contributed by atoms with Crippen molar-refractivity contribution in [2.24, 2.45) is 5.73 Å². The topological polar surface area (TPSA) is 119 Å². The number of rotatable bonds is 6. The van der Waals surface area contributed by atoms with E-state index >= 15 is 0 Å². The standard InChI is InChI=1S/C13H16N2O5/c1-20-13(19)10(14)5-6-11(16)15-9-4-2-3-8(7-9)12(17)18/h2-4,7,10H,5-6,14H2,1H3,(H,15,16)(H,17,18)/t10-/m0/s1. The van der Waals surface area contributed by atoms with Gasteiger partial charge in [0.15, 0.2) is 0 Å². The predicted octanol–water partition coefficient (Wildman–Crippen LogP) is 0.604. The van der Waals surface area contributed by atoms with Crippen LogP contribution >= 0.6 is 0 Å². The van der Waals surface area contributed by atoms with Crippen LogP contribution in [0.4, 0.5) is 5.69 Å². The Labute approximate surface area is 115 Å². The molecule has 0 radical (unpaired) electrons. The van der Waals surface area contributed by atoms with E-state index in [4.69, 9.17) is 10.8 Å². The number of carboxylic acid groups (broad SMARTS) is 1. The van der Waals surface area contributed by atoms with Crippen molar-refractivity contribution in [3.05, 3.63) is 29.8 Å². The molecule has 0 aliphatic carbocycles. The van der Waals surface area contributed by atoms with Gasteiger partial charge in [0.2, 0.25) is 5.91 Å². The number of hydrogen-bond donors (Lipinski definition) is 3. The molecular weight excluding hydrogens is 264 g/mol. The second-order valence-electron chi connectivity index (χ2n) is 4.10. The fraction of sp³-hybridized carbons (Fsp3) is 0.308. The van der Waals surface area contributed by atoms with Crippen LogP contribution in [0.2, 0.25) is 0 Å². The second-order valence-corrected chi connectivity index (χ2v) is 4.10. The molecule has 1 aromatic rings. The van der Waals surface area contributed by atoms with Crippen molar-refractivity contribution >= 4 is 23.5 Å². The first-order valence-electron chi connectivity index (χ1n) is 5.90. The first kappa shape index (κ1) is 15.6. The minimum atomic E-state index is -1.08. The van der Waals surface area contributed by atoms with Crippen molar-refractivity contribution in [3.8, 4) is 0 Å². The third-order valence-corrected chi connectivity index (χ3v) is 2.58. The van der Waals surface area contributed by atoms with Crippen molar-refractivity contribution in [2.75, 3.05) is 12.4 Å². The summed E-state index contributed by atoms with van der Waals surface area (Å²) in [7, 11) is 1.22. The minimum absolute atomic E-state index is 0.0353. The van der Waals surface area contributed by atoms with Gasteiger partial charge in [-0.25, -0.2) is 4.79 Å². The maximum Gasteiger partial charge on any atom is 0.335 e. The van der Waals surface area contributed by atoms with E-state index in [2.05, 4.69) is 10.1 Å². The number of carboxylic acids is 1. The molecule has 0 heterocycles. The van der Waals surface area contributed by atoms with E-state index in [9.17, 15) is 14.4 Å². The Hall–Kier alpha value is -2.41. The largest absolute Gasteiger partial charge is 0.478 e. The fourth-order valence-corrected chi connectivity index (χ4v) is 1.51. The van der Waals surface area contributed by atoms with Gasteiger partial charge < -0.3 is 20.9 Å². The molecule has 7 heteroatoms. The number of carbonyl (C=O) groups excluding carboxylic acids is 2. The van der Waals surface area contributed by atoms with E-state index in [1.165, 1.54) is 25.3 Å². The number of hydrogen-bond acceptors (Lipinski definition) is 5. The summed E-state index contributed by atoms with van der Waals surface area (Å²) in [5.41, 5.74) is 5.96. The predicted molar refractivity (Wildman–Crippen MR) is 71.3 cm³/mol. The van der Waals surface area contributed by atoms with Crippen LogP contribution in [0.5, 0.6) is 0 Å². The number of nitrogens with one attached hydrogen (secondary N) is 1. The van der Waals surface area contributed by atoms with E-state index < -0.39 is 18.0 Å². The summed E-state index contributed by atoms with van der Waals surface area (Å²) in [6.07, 6.45) is 0.185. The van der Waals surface area contributed by atoms with Crippen molar-refractivity contribution in [1.29, 1.82) is 0 Å². The number of methoxy groups -OCH3 is 1. The Kier molecular flexibility index (Phi) is 5.67. The van der Waals surface area contributed by atoms with Gasteiger partial charge in [0.05, 0.1) is 12.7 Å². The first-order valence-corrected chi connectivity index (χ1v) is 5.90. The number of amides is 1. The van der Waals surface area contributed by atoms with E-state index in [-0.39, 0.29) is 24.3 Å². The molecule has 0 bridgehead atoms. The molecule has 1 rings (SSSR count). The molecule has 4 N–H and O–H groups in total. The SMILES string of the molecule is COC(=O)[C@@H](N)CCC(=O)Nc1cccc(C(=O)O)c1. The molecule has 1 aromatic carbocycles. The summed E-state index contributed by atoms with van der Waals surface area (Å²) in [6.45, 7) is 0. The highest BCUT2D eigenvalue weighted by molar-refractivity contribution is 5.94. The van der Waals surface area contributed by atoms with E-state index in [1.54, 1.807) is 6.07 Å². The van der Waals surface area contributed by atoms with Gasteiger partial charge in [-0.05, 0) is 24.6 Å². The maximum atomic E-state index is 11.6. The lowest BCUT2D eigenvalue weighted by Gasteiger charge is -2.09. The molecule has 0 saturated carbocycles. The Morgan fingerprint density at radius 1 is 1.40 bits per heavy atom. The normalized spacial score (nSPS) is 11.5. The molecule has 0 saturated heterocycles. The summed E-state index contributed by atoms with van der Waals surface area (Å²) in [5.74, 6) is -2.01. The van der Waals surface area contributed by atoms with Crippen molar-refractivity contribution < 1.29 is 24.2 Å². The number of nitrogens with two attached hydrogens (primary N) is 1. The van der Waals surface area contributed by atoms with Crippen LogP contribution in [0.15, 0.2) is 24.3 Å². The Morgan fingerprint density at radius 3 is 2.70 bits per heavy atom. The third-order valence-electron chi connectivity index (χ3n) is 2.58. The van der Waals surface area contributed by atoms with Gasteiger partial charge in [-0.15, -0.1) is 0 Å². The van der Waals surface area contributed by atoms with Gasteiger partial charge in [-0.1, -0.05) is 6.07 Å². The molecule has 0 aliphatic rings. The highest BCUT2D eigenvalue weighted by atomic mass is 16.5. The van der Waals surface area contributed by atoms with E-state index in [1.807, 2.05) is 0 Å². The van der Waals surface area contributed by atoms with Crippen molar-refractivity contribution in [3.63, 3.8) is 0 Å². The van der Waals surface area contributed by atoms with Crippen LogP contribution in [0.25, 0.3) is 0 Å². The first-order chi connectivity index (χ1) is 9.43. The molecule has 1 amide bonds. The van der Waals surface area contributed by atoms with Gasteiger partial charge in [0, 0.05) is 12.1 Å². The van der Waals surface area contributed by atoms with Gasteiger partial charge in [-0.2, -0.15) is 0 Å². The molecule has 0 fully saturated rings. The average Bonchev–Trinajstić information content (AvgIpc) is 2.44. The lowest BCUT2D eigenvalue weighted by atomic mass is 10.1. The number of anilines is 1. The molecule has 0 spiro atoms. The van der Waals surface area contributed by atoms with Crippen molar-refractivity contribution in [2.45, 2.75) is 18.9 Å². The van der Waals surface area contributed by atoms with Crippen LogP contribution in [0.3, 0.4) is 0 Å². The summed E-state index contributed by atoms with van der Waals surface area (Å²) >= 11 is 0. The number of carbonyl (C=O) groups is 3. The molecule has 0 aliphatic heterocycles. The van der Waals surface area contributed by atoms with Gasteiger partial charge in [0.1, 0.15) is 6.04 Å². The van der Waals surface area contributed by atoms with Gasteiger partial charge in [-0.3, -0.25) is 9.59 Å². The highest BCUT2D eigenvalue weighted by Crippen LogP contribution is 2.11. The van der Waals surface area contributed by atoms with Gasteiger partial charge >= 0.3 is 11.9 Å². The number of ether oxygens (including phenoxy) is 1. The minimum Gasteiger partial charge on any atom is -0.478 e. The lowest BCUT2D eigenvalue weighted by Crippen LogP contribution is -2.32. The van der Waals surface area contributed by atoms with E-state index in [0.717, 1.165) is 0 Å². The third kappa shape index (κ3) is 4.69. The Balaban J connectivity index is 2.52. The van der Waals surface area contributed by atoms with E-state index in [0.29, 0.717) is 5.69 Å². The lowest BCUT2D eigenvalue weighted by molar-refractivity contribution is -0.142. The summed E-state index contributed by atoms with van der Waals surface area (Å²) in [5, 5.41) is 11.4. The Morgan fingerprint density at radius 2 is 2.10 bits per heavy atom. The molecule has 1 atom stereocenters.